The van der Waals surface area contributed by atoms with E-state index >= 15 is 0 Å². The van der Waals surface area contributed by atoms with Gasteiger partial charge < -0.3 is 10.1 Å². The molecular formula is C15H18N2O. The number of rotatable bonds is 4. The fourth-order valence-corrected chi connectivity index (χ4v) is 1.97. The highest BCUT2D eigenvalue weighted by Crippen LogP contribution is 2.28. The van der Waals surface area contributed by atoms with E-state index in [-0.39, 0.29) is 6.04 Å². The second-order valence-corrected chi connectivity index (χ2v) is 4.35. The Morgan fingerprint density at radius 2 is 2.11 bits per heavy atom. The summed E-state index contributed by atoms with van der Waals surface area (Å²) in [6, 6.07) is 10.3. The smallest absolute Gasteiger partial charge is 0.124 e. The van der Waals surface area contributed by atoms with Gasteiger partial charge in [0.25, 0.3) is 0 Å². The maximum Gasteiger partial charge on any atom is 0.124 e. The van der Waals surface area contributed by atoms with Crippen LogP contribution >= 0.6 is 0 Å². The maximum absolute atomic E-state index is 5.40. The minimum Gasteiger partial charge on any atom is -0.496 e. The molecule has 0 saturated carbocycles. The fraction of sp³-hybridized carbons (Fsp3) is 0.267. The molecular weight excluding hydrogens is 224 g/mol. The van der Waals surface area contributed by atoms with E-state index in [4.69, 9.17) is 4.74 Å². The SMILES string of the molecule is COc1ccc(C)cc1C(C)Nc1cccnc1. The first kappa shape index (κ1) is 12.4. The summed E-state index contributed by atoms with van der Waals surface area (Å²) in [7, 11) is 1.70. The van der Waals surface area contributed by atoms with Gasteiger partial charge in [0.2, 0.25) is 0 Å². The Kier molecular flexibility index (Phi) is 3.82. The summed E-state index contributed by atoms with van der Waals surface area (Å²) in [5, 5.41) is 3.42. The molecule has 1 atom stereocenters. The topological polar surface area (TPSA) is 34.1 Å². The Balaban J connectivity index is 2.23. The fourth-order valence-electron chi connectivity index (χ4n) is 1.97. The predicted molar refractivity (Wildman–Crippen MR) is 74.0 cm³/mol. The minimum atomic E-state index is 0.170. The van der Waals surface area contributed by atoms with Crippen LogP contribution in [0.1, 0.15) is 24.1 Å². The first-order valence-corrected chi connectivity index (χ1v) is 6.02. The van der Waals surface area contributed by atoms with Crippen LogP contribution in [-0.2, 0) is 0 Å². The van der Waals surface area contributed by atoms with Crippen LogP contribution in [0.15, 0.2) is 42.7 Å². The number of benzene rings is 1. The van der Waals surface area contributed by atoms with E-state index < -0.39 is 0 Å². The third kappa shape index (κ3) is 2.80. The molecule has 94 valence electrons. The number of aryl methyl sites for hydroxylation is 1. The van der Waals surface area contributed by atoms with Gasteiger partial charge in [-0.15, -0.1) is 0 Å². The van der Waals surface area contributed by atoms with E-state index in [9.17, 15) is 0 Å². The maximum atomic E-state index is 5.40. The summed E-state index contributed by atoms with van der Waals surface area (Å²) in [6.45, 7) is 4.20. The predicted octanol–water partition coefficient (Wildman–Crippen LogP) is 3.57. The van der Waals surface area contributed by atoms with Crippen molar-refractivity contribution in [2.75, 3.05) is 12.4 Å². The average molecular weight is 242 g/mol. The largest absolute Gasteiger partial charge is 0.496 e. The highest BCUT2D eigenvalue weighted by Gasteiger charge is 2.11. The van der Waals surface area contributed by atoms with E-state index in [1.54, 1.807) is 13.3 Å². The molecule has 0 radical (unpaired) electrons. The Hall–Kier alpha value is -2.03. The summed E-state index contributed by atoms with van der Waals surface area (Å²) in [5.41, 5.74) is 3.39. The van der Waals surface area contributed by atoms with Crippen LogP contribution in [0.3, 0.4) is 0 Å². The van der Waals surface area contributed by atoms with Gasteiger partial charge in [0.1, 0.15) is 5.75 Å². The molecule has 0 spiro atoms. The third-order valence-corrected chi connectivity index (χ3v) is 2.90. The molecule has 1 aromatic carbocycles. The van der Waals surface area contributed by atoms with Crippen molar-refractivity contribution in [2.24, 2.45) is 0 Å². The van der Waals surface area contributed by atoms with Crippen molar-refractivity contribution in [1.29, 1.82) is 0 Å². The molecule has 1 aromatic heterocycles. The molecule has 3 nitrogen and oxygen atoms in total. The molecule has 0 aliphatic carbocycles. The molecule has 0 aliphatic rings. The van der Waals surface area contributed by atoms with Crippen molar-refractivity contribution in [1.82, 2.24) is 4.98 Å². The third-order valence-electron chi connectivity index (χ3n) is 2.90. The lowest BCUT2D eigenvalue weighted by Crippen LogP contribution is -2.08. The van der Waals surface area contributed by atoms with Gasteiger partial charge in [0.05, 0.1) is 18.8 Å². The molecule has 0 fully saturated rings. The van der Waals surface area contributed by atoms with Crippen molar-refractivity contribution in [3.8, 4) is 5.75 Å². The Bertz CT molecular complexity index is 511. The molecule has 1 N–H and O–H groups in total. The summed E-state index contributed by atoms with van der Waals surface area (Å²) in [6.07, 6.45) is 3.59. The zero-order valence-corrected chi connectivity index (χ0v) is 11.0. The standard InChI is InChI=1S/C15H18N2O/c1-11-6-7-15(18-3)14(9-11)12(2)17-13-5-4-8-16-10-13/h4-10,12,17H,1-3H3. The number of anilines is 1. The number of methoxy groups -OCH3 is 1. The van der Waals surface area contributed by atoms with Crippen LogP contribution in [0.5, 0.6) is 5.75 Å². The lowest BCUT2D eigenvalue weighted by molar-refractivity contribution is 0.408. The zero-order chi connectivity index (χ0) is 13.0. The summed E-state index contributed by atoms with van der Waals surface area (Å²) < 4.78 is 5.40. The lowest BCUT2D eigenvalue weighted by atomic mass is 10.0. The average Bonchev–Trinajstić information content (AvgIpc) is 2.40. The minimum absolute atomic E-state index is 0.170. The molecule has 0 bridgehead atoms. The molecule has 18 heavy (non-hydrogen) atoms. The molecule has 3 heteroatoms. The van der Waals surface area contributed by atoms with Crippen molar-refractivity contribution in [3.05, 3.63) is 53.9 Å². The summed E-state index contributed by atoms with van der Waals surface area (Å²) >= 11 is 0. The summed E-state index contributed by atoms with van der Waals surface area (Å²) in [5.74, 6) is 0.907. The van der Waals surface area contributed by atoms with Gasteiger partial charge in [-0.05, 0) is 32.0 Å². The van der Waals surface area contributed by atoms with Crippen molar-refractivity contribution in [2.45, 2.75) is 19.9 Å². The number of nitrogens with zero attached hydrogens (tertiary/aromatic N) is 1. The number of hydrogen-bond acceptors (Lipinski definition) is 3. The van der Waals surface area contributed by atoms with E-state index in [0.717, 1.165) is 17.0 Å². The van der Waals surface area contributed by atoms with E-state index in [0.29, 0.717) is 0 Å². The van der Waals surface area contributed by atoms with Crippen LogP contribution in [0.2, 0.25) is 0 Å². The summed E-state index contributed by atoms with van der Waals surface area (Å²) in [4.78, 5) is 4.10. The van der Waals surface area contributed by atoms with Gasteiger partial charge in [0, 0.05) is 18.0 Å². The van der Waals surface area contributed by atoms with Crippen LogP contribution in [0, 0.1) is 6.92 Å². The Morgan fingerprint density at radius 3 is 2.78 bits per heavy atom. The van der Waals surface area contributed by atoms with Gasteiger partial charge in [-0.2, -0.15) is 0 Å². The first-order chi connectivity index (χ1) is 8.70. The Labute approximate surface area is 108 Å². The van der Waals surface area contributed by atoms with Gasteiger partial charge in [-0.1, -0.05) is 17.7 Å². The zero-order valence-electron chi connectivity index (χ0n) is 11.0. The van der Waals surface area contributed by atoms with Crippen LogP contribution < -0.4 is 10.1 Å². The van der Waals surface area contributed by atoms with Crippen molar-refractivity contribution >= 4 is 5.69 Å². The van der Waals surface area contributed by atoms with Crippen LogP contribution in [-0.4, -0.2) is 12.1 Å². The van der Waals surface area contributed by atoms with Gasteiger partial charge in [-0.3, -0.25) is 4.98 Å². The quantitative estimate of drug-likeness (QED) is 0.890. The number of ether oxygens (including phenoxy) is 1. The monoisotopic (exact) mass is 242 g/mol. The van der Waals surface area contributed by atoms with E-state index in [2.05, 4.69) is 36.3 Å². The van der Waals surface area contributed by atoms with Crippen molar-refractivity contribution < 1.29 is 4.74 Å². The second-order valence-electron chi connectivity index (χ2n) is 4.35. The van der Waals surface area contributed by atoms with E-state index in [1.165, 1.54) is 5.56 Å². The highest BCUT2D eigenvalue weighted by atomic mass is 16.5. The normalized spacial score (nSPS) is 11.9. The number of nitrogens with one attached hydrogen (secondary N) is 1. The molecule has 0 saturated heterocycles. The van der Waals surface area contributed by atoms with Crippen LogP contribution in [0.25, 0.3) is 0 Å². The highest BCUT2D eigenvalue weighted by molar-refractivity contribution is 5.46. The molecule has 2 rings (SSSR count). The lowest BCUT2D eigenvalue weighted by Gasteiger charge is -2.18. The van der Waals surface area contributed by atoms with Crippen LogP contribution in [0.4, 0.5) is 5.69 Å². The van der Waals surface area contributed by atoms with Gasteiger partial charge >= 0.3 is 0 Å². The van der Waals surface area contributed by atoms with E-state index in [1.807, 2.05) is 24.4 Å². The molecule has 2 aromatic rings. The van der Waals surface area contributed by atoms with Crippen molar-refractivity contribution in [3.63, 3.8) is 0 Å². The molecule has 0 amide bonds. The molecule has 1 unspecified atom stereocenters. The number of aromatic nitrogens is 1. The molecule has 1 heterocycles. The number of pyridine rings is 1. The first-order valence-electron chi connectivity index (χ1n) is 6.02. The molecule has 0 aliphatic heterocycles. The van der Waals surface area contributed by atoms with Gasteiger partial charge in [-0.25, -0.2) is 0 Å². The van der Waals surface area contributed by atoms with Gasteiger partial charge in [0.15, 0.2) is 0 Å². The Morgan fingerprint density at radius 1 is 1.28 bits per heavy atom. The second kappa shape index (κ2) is 5.54. The number of hydrogen-bond donors (Lipinski definition) is 1.